The number of halogens is 1. The summed E-state index contributed by atoms with van der Waals surface area (Å²) in [5, 5.41) is 15.1. The molecule has 1 aromatic heterocycles. The first kappa shape index (κ1) is 19.1. The van der Waals surface area contributed by atoms with Crippen LogP contribution in [0.15, 0.2) is 4.99 Å². The van der Waals surface area contributed by atoms with Gasteiger partial charge >= 0.3 is 0 Å². The van der Waals surface area contributed by atoms with E-state index in [-0.39, 0.29) is 30.0 Å². The van der Waals surface area contributed by atoms with Crippen molar-refractivity contribution in [2.45, 2.75) is 52.2 Å². The van der Waals surface area contributed by atoms with E-state index in [1.807, 2.05) is 0 Å². The van der Waals surface area contributed by atoms with Crippen LogP contribution in [-0.2, 0) is 24.2 Å². The predicted octanol–water partition coefficient (Wildman–Crippen LogP) is 1.32. The largest absolute Gasteiger partial charge is 0.383 e. The van der Waals surface area contributed by atoms with E-state index in [0.717, 1.165) is 37.1 Å². The van der Waals surface area contributed by atoms with Crippen LogP contribution in [0.3, 0.4) is 0 Å². The number of aromatic nitrogens is 3. The number of hydrogen-bond donors (Lipinski definition) is 2. The van der Waals surface area contributed by atoms with Crippen LogP contribution in [0, 0.1) is 0 Å². The average molecular weight is 422 g/mol. The van der Waals surface area contributed by atoms with Gasteiger partial charge in [-0.25, -0.2) is 4.99 Å². The van der Waals surface area contributed by atoms with Gasteiger partial charge in [-0.15, -0.1) is 34.2 Å². The van der Waals surface area contributed by atoms with E-state index in [9.17, 15) is 0 Å². The Morgan fingerprint density at radius 3 is 2.95 bits per heavy atom. The van der Waals surface area contributed by atoms with Crippen LogP contribution in [0.5, 0.6) is 0 Å². The van der Waals surface area contributed by atoms with Crippen LogP contribution >= 0.6 is 24.0 Å². The molecule has 0 amide bonds. The Labute approximate surface area is 149 Å². The molecule has 0 aromatic carbocycles. The van der Waals surface area contributed by atoms with Gasteiger partial charge in [0.2, 0.25) is 0 Å². The van der Waals surface area contributed by atoms with Gasteiger partial charge in [0.15, 0.2) is 11.8 Å². The van der Waals surface area contributed by atoms with Crippen LogP contribution in [0.2, 0.25) is 0 Å². The third kappa shape index (κ3) is 5.38. The third-order valence-electron chi connectivity index (χ3n) is 3.46. The molecule has 1 aromatic rings. The normalized spacial score (nSPS) is 15.7. The SMILES string of the molecule is CCNC(=NCc1nnc2n1CCCC2)NC(C)COC.I. The van der Waals surface area contributed by atoms with E-state index in [0.29, 0.717) is 13.2 Å². The van der Waals surface area contributed by atoms with Crippen molar-refractivity contribution in [3.63, 3.8) is 0 Å². The molecule has 8 heteroatoms. The molecule has 2 N–H and O–H groups in total. The van der Waals surface area contributed by atoms with Gasteiger partial charge in [-0.3, -0.25) is 0 Å². The lowest BCUT2D eigenvalue weighted by molar-refractivity contribution is 0.179. The minimum atomic E-state index is 0. The van der Waals surface area contributed by atoms with E-state index < -0.39 is 0 Å². The van der Waals surface area contributed by atoms with Crippen molar-refractivity contribution in [3.8, 4) is 0 Å². The molecule has 0 fully saturated rings. The molecule has 22 heavy (non-hydrogen) atoms. The average Bonchev–Trinajstić information content (AvgIpc) is 2.88. The third-order valence-corrected chi connectivity index (χ3v) is 3.46. The summed E-state index contributed by atoms with van der Waals surface area (Å²) in [6, 6.07) is 0.208. The monoisotopic (exact) mass is 422 g/mol. The maximum absolute atomic E-state index is 5.14. The van der Waals surface area contributed by atoms with Gasteiger partial charge in [-0.2, -0.15) is 0 Å². The van der Waals surface area contributed by atoms with Crippen molar-refractivity contribution < 1.29 is 4.74 Å². The quantitative estimate of drug-likeness (QED) is 0.411. The number of fused-ring (bicyclic) bond motifs is 1. The Morgan fingerprint density at radius 1 is 1.41 bits per heavy atom. The number of aryl methyl sites for hydroxylation is 1. The van der Waals surface area contributed by atoms with Crippen LogP contribution < -0.4 is 10.6 Å². The van der Waals surface area contributed by atoms with Crippen molar-refractivity contribution in [2.24, 2.45) is 4.99 Å². The summed E-state index contributed by atoms with van der Waals surface area (Å²) in [4.78, 5) is 4.60. The first-order chi connectivity index (χ1) is 10.2. The molecule has 2 heterocycles. The summed E-state index contributed by atoms with van der Waals surface area (Å²) < 4.78 is 7.34. The number of ether oxygens (including phenoxy) is 1. The molecule has 0 bridgehead atoms. The molecular formula is C14H27IN6O. The minimum absolute atomic E-state index is 0. The summed E-state index contributed by atoms with van der Waals surface area (Å²) in [6.07, 6.45) is 3.44. The Morgan fingerprint density at radius 2 is 2.23 bits per heavy atom. The molecule has 1 unspecified atom stereocenters. The Bertz CT molecular complexity index is 476. The van der Waals surface area contributed by atoms with Gasteiger partial charge in [0.25, 0.3) is 0 Å². The summed E-state index contributed by atoms with van der Waals surface area (Å²) >= 11 is 0. The Hall–Kier alpha value is -0.900. The zero-order chi connectivity index (χ0) is 15.1. The maximum Gasteiger partial charge on any atom is 0.191 e. The number of rotatable bonds is 6. The number of hydrogen-bond acceptors (Lipinski definition) is 4. The molecule has 0 saturated heterocycles. The molecule has 0 saturated carbocycles. The molecule has 126 valence electrons. The minimum Gasteiger partial charge on any atom is -0.383 e. The molecule has 2 rings (SSSR count). The smallest absolute Gasteiger partial charge is 0.191 e. The van der Waals surface area contributed by atoms with Crippen molar-refractivity contribution in [2.75, 3.05) is 20.3 Å². The number of aliphatic imine (C=N–C) groups is 1. The van der Waals surface area contributed by atoms with Gasteiger partial charge in [0.05, 0.1) is 6.61 Å². The second kappa shape index (κ2) is 9.98. The number of guanidine groups is 1. The van der Waals surface area contributed by atoms with Gasteiger partial charge in [0.1, 0.15) is 12.4 Å². The van der Waals surface area contributed by atoms with Crippen molar-refractivity contribution in [3.05, 3.63) is 11.6 Å². The predicted molar refractivity (Wildman–Crippen MR) is 97.7 cm³/mol. The first-order valence-electron chi connectivity index (χ1n) is 7.69. The Balaban J connectivity index is 0.00000242. The van der Waals surface area contributed by atoms with E-state index in [1.165, 1.54) is 12.8 Å². The zero-order valence-electron chi connectivity index (χ0n) is 13.6. The molecule has 1 aliphatic rings. The fourth-order valence-corrected chi connectivity index (χ4v) is 2.48. The number of nitrogens with zero attached hydrogens (tertiary/aromatic N) is 4. The second-order valence-electron chi connectivity index (χ2n) is 5.34. The summed E-state index contributed by atoms with van der Waals surface area (Å²) in [5.74, 6) is 2.83. The fourth-order valence-electron chi connectivity index (χ4n) is 2.48. The molecule has 0 spiro atoms. The number of nitrogens with one attached hydrogen (secondary N) is 2. The first-order valence-corrected chi connectivity index (χ1v) is 7.69. The lowest BCUT2D eigenvalue weighted by atomic mass is 10.2. The highest BCUT2D eigenvalue weighted by molar-refractivity contribution is 14.0. The van der Waals surface area contributed by atoms with E-state index >= 15 is 0 Å². The topological polar surface area (TPSA) is 76.4 Å². The summed E-state index contributed by atoms with van der Waals surface area (Å²) in [7, 11) is 1.70. The zero-order valence-corrected chi connectivity index (χ0v) is 16.0. The molecule has 7 nitrogen and oxygen atoms in total. The van der Waals surface area contributed by atoms with Crippen molar-refractivity contribution >= 4 is 29.9 Å². The van der Waals surface area contributed by atoms with E-state index in [1.54, 1.807) is 7.11 Å². The summed E-state index contributed by atoms with van der Waals surface area (Å²) in [5.41, 5.74) is 0. The standard InChI is InChI=1S/C14H26N6O.HI/c1-4-15-14(17-11(2)10-21-3)16-9-13-19-18-12-7-5-6-8-20(12)13;/h11H,4-10H2,1-3H3,(H2,15,16,17);1H. The lowest BCUT2D eigenvalue weighted by Crippen LogP contribution is -2.44. The van der Waals surface area contributed by atoms with Gasteiger partial charge in [0, 0.05) is 32.7 Å². The van der Waals surface area contributed by atoms with E-state index in [4.69, 9.17) is 4.74 Å². The molecule has 0 radical (unpaired) electrons. The summed E-state index contributed by atoms with van der Waals surface area (Å²) in [6.45, 7) is 7.14. The van der Waals surface area contributed by atoms with Crippen LogP contribution in [0.25, 0.3) is 0 Å². The highest BCUT2D eigenvalue weighted by Gasteiger charge is 2.15. The van der Waals surface area contributed by atoms with Crippen LogP contribution in [-0.4, -0.2) is 47.0 Å². The molecular weight excluding hydrogens is 395 g/mol. The highest BCUT2D eigenvalue weighted by Crippen LogP contribution is 2.14. The molecule has 1 atom stereocenters. The fraction of sp³-hybridized carbons (Fsp3) is 0.786. The second-order valence-corrected chi connectivity index (χ2v) is 5.34. The molecule has 1 aliphatic heterocycles. The lowest BCUT2D eigenvalue weighted by Gasteiger charge is -2.17. The van der Waals surface area contributed by atoms with Crippen molar-refractivity contribution in [1.29, 1.82) is 0 Å². The van der Waals surface area contributed by atoms with Crippen LogP contribution in [0.1, 0.15) is 38.3 Å². The Kier molecular flexibility index (Phi) is 8.69. The van der Waals surface area contributed by atoms with Gasteiger partial charge in [-0.1, -0.05) is 0 Å². The highest BCUT2D eigenvalue weighted by atomic mass is 127. The van der Waals surface area contributed by atoms with Gasteiger partial charge < -0.3 is 19.9 Å². The van der Waals surface area contributed by atoms with Gasteiger partial charge in [-0.05, 0) is 26.7 Å². The van der Waals surface area contributed by atoms with Crippen LogP contribution in [0.4, 0.5) is 0 Å². The number of methoxy groups -OCH3 is 1. The maximum atomic E-state index is 5.14. The molecule has 0 aliphatic carbocycles. The van der Waals surface area contributed by atoms with E-state index in [2.05, 4.69) is 44.2 Å². The van der Waals surface area contributed by atoms with Crippen molar-refractivity contribution in [1.82, 2.24) is 25.4 Å².